The lowest BCUT2D eigenvalue weighted by molar-refractivity contribution is 0.149. The summed E-state index contributed by atoms with van der Waals surface area (Å²) in [6.07, 6.45) is 0. The van der Waals surface area contributed by atoms with E-state index in [2.05, 4.69) is 9.62 Å². The second kappa shape index (κ2) is 3.06. The van der Waals surface area contributed by atoms with E-state index in [0.29, 0.717) is 0 Å². The van der Waals surface area contributed by atoms with E-state index in [9.17, 15) is 8.42 Å². The lowest BCUT2D eigenvalue weighted by Gasteiger charge is -2.37. The second-order valence-electron chi connectivity index (χ2n) is 2.71. The first-order chi connectivity index (χ1) is 5.01. The fraction of sp³-hybridized carbons (Fsp3) is 1.00. The molecule has 6 heteroatoms. The third kappa shape index (κ3) is 2.74. The molecule has 0 atom stereocenters. The largest absolute Gasteiger partial charge is 0.300 e. The molecule has 0 aromatic carbocycles. The molecule has 0 aliphatic carbocycles. The van der Waals surface area contributed by atoms with Gasteiger partial charge in [0.05, 0.1) is 0 Å². The van der Waals surface area contributed by atoms with Crippen LogP contribution in [0.25, 0.3) is 0 Å². The van der Waals surface area contributed by atoms with Crippen LogP contribution in [0.2, 0.25) is 0 Å². The van der Waals surface area contributed by atoms with Crippen LogP contribution in [0.1, 0.15) is 6.92 Å². The predicted octanol–water partition coefficient (Wildman–Crippen LogP) is -1.52. The van der Waals surface area contributed by atoms with Gasteiger partial charge in [0, 0.05) is 19.1 Å². The van der Waals surface area contributed by atoms with Crippen LogP contribution in [0.4, 0.5) is 0 Å². The van der Waals surface area contributed by atoms with E-state index in [1.165, 1.54) is 0 Å². The van der Waals surface area contributed by atoms with Gasteiger partial charge in [-0.1, -0.05) is 6.92 Å². The third-order valence-electron chi connectivity index (χ3n) is 1.74. The molecule has 1 aliphatic heterocycles. The van der Waals surface area contributed by atoms with E-state index >= 15 is 0 Å². The normalized spacial score (nSPS) is 21.6. The first-order valence-corrected chi connectivity index (χ1v) is 5.08. The molecular weight excluding hydrogens is 166 g/mol. The van der Waals surface area contributed by atoms with Gasteiger partial charge < -0.3 is 4.90 Å². The summed E-state index contributed by atoms with van der Waals surface area (Å²) in [5.41, 5.74) is 0. The van der Waals surface area contributed by atoms with E-state index in [-0.39, 0.29) is 6.04 Å². The zero-order valence-electron chi connectivity index (χ0n) is 6.45. The standard InChI is InChI=1S/C5H13N3O2S/c1-2-8-3-5(4-8)7-11(6,9)10/h5,7H,2-4H2,1H3,(H2,6,9,10). The average molecular weight is 179 g/mol. The van der Waals surface area contributed by atoms with Crippen molar-refractivity contribution >= 4 is 10.2 Å². The molecule has 0 aromatic heterocycles. The SMILES string of the molecule is CCN1CC(NS(N)(=O)=O)C1. The van der Waals surface area contributed by atoms with E-state index in [1.807, 2.05) is 6.92 Å². The number of hydrogen-bond donors (Lipinski definition) is 2. The first-order valence-electron chi connectivity index (χ1n) is 3.53. The number of rotatable bonds is 3. The summed E-state index contributed by atoms with van der Waals surface area (Å²) < 4.78 is 23.3. The van der Waals surface area contributed by atoms with E-state index in [4.69, 9.17) is 5.14 Å². The molecule has 1 heterocycles. The lowest BCUT2D eigenvalue weighted by atomic mass is 10.1. The molecule has 5 nitrogen and oxygen atoms in total. The molecule has 66 valence electrons. The van der Waals surface area contributed by atoms with Gasteiger partial charge in [0.25, 0.3) is 10.2 Å². The Hall–Kier alpha value is -0.170. The molecule has 0 bridgehead atoms. The number of likely N-dealkylation sites (tertiary alicyclic amines) is 1. The summed E-state index contributed by atoms with van der Waals surface area (Å²) in [7, 11) is -3.49. The first kappa shape index (κ1) is 8.92. The Balaban J connectivity index is 2.24. The Kier molecular flexibility index (Phi) is 2.48. The number of hydrogen-bond acceptors (Lipinski definition) is 3. The maximum atomic E-state index is 10.5. The van der Waals surface area contributed by atoms with Gasteiger partial charge in [0.15, 0.2) is 0 Å². The number of likely N-dealkylation sites (N-methyl/N-ethyl adjacent to an activating group) is 1. The summed E-state index contributed by atoms with van der Waals surface area (Å²) in [4.78, 5) is 2.13. The average Bonchev–Trinajstić information content (AvgIpc) is 1.75. The van der Waals surface area contributed by atoms with Crippen molar-refractivity contribution < 1.29 is 8.42 Å². The minimum atomic E-state index is -3.49. The molecule has 0 saturated carbocycles. The molecule has 1 rings (SSSR count). The Morgan fingerprint density at radius 3 is 2.55 bits per heavy atom. The van der Waals surface area contributed by atoms with E-state index in [1.54, 1.807) is 0 Å². The van der Waals surface area contributed by atoms with Crippen LogP contribution in [-0.2, 0) is 10.2 Å². The van der Waals surface area contributed by atoms with Crippen LogP contribution in [0, 0.1) is 0 Å². The molecule has 11 heavy (non-hydrogen) atoms. The highest BCUT2D eigenvalue weighted by Gasteiger charge is 2.27. The van der Waals surface area contributed by atoms with Crippen LogP contribution in [-0.4, -0.2) is 39.0 Å². The second-order valence-corrected chi connectivity index (χ2v) is 4.04. The molecule has 0 radical (unpaired) electrons. The topological polar surface area (TPSA) is 75.4 Å². The van der Waals surface area contributed by atoms with Crippen LogP contribution in [0.15, 0.2) is 0 Å². The van der Waals surface area contributed by atoms with Crippen molar-refractivity contribution in [2.45, 2.75) is 13.0 Å². The summed E-state index contributed by atoms with van der Waals surface area (Å²) in [5, 5.41) is 4.78. The molecule has 1 fully saturated rings. The third-order valence-corrected chi connectivity index (χ3v) is 2.40. The van der Waals surface area contributed by atoms with Crippen molar-refractivity contribution in [3.63, 3.8) is 0 Å². The van der Waals surface area contributed by atoms with Crippen molar-refractivity contribution in [2.75, 3.05) is 19.6 Å². The molecule has 1 aliphatic rings. The van der Waals surface area contributed by atoms with E-state index in [0.717, 1.165) is 19.6 Å². The van der Waals surface area contributed by atoms with Gasteiger partial charge >= 0.3 is 0 Å². The highest BCUT2D eigenvalue weighted by Crippen LogP contribution is 2.06. The summed E-state index contributed by atoms with van der Waals surface area (Å²) in [6, 6.07) is 0.0185. The highest BCUT2D eigenvalue weighted by molar-refractivity contribution is 7.87. The molecule has 0 amide bonds. The van der Waals surface area contributed by atoms with Crippen LogP contribution in [0.5, 0.6) is 0 Å². The van der Waals surface area contributed by atoms with Crippen molar-refractivity contribution in [3.8, 4) is 0 Å². The van der Waals surface area contributed by atoms with Gasteiger partial charge in [-0.25, -0.2) is 5.14 Å². The lowest BCUT2D eigenvalue weighted by Crippen LogP contribution is -2.59. The summed E-state index contributed by atoms with van der Waals surface area (Å²) in [5.74, 6) is 0. The monoisotopic (exact) mass is 179 g/mol. The van der Waals surface area contributed by atoms with Gasteiger partial charge in [-0.3, -0.25) is 0 Å². The smallest absolute Gasteiger partial charge is 0.274 e. The van der Waals surface area contributed by atoms with Crippen molar-refractivity contribution in [2.24, 2.45) is 5.14 Å². The zero-order valence-corrected chi connectivity index (χ0v) is 7.26. The van der Waals surface area contributed by atoms with Crippen molar-refractivity contribution in [1.82, 2.24) is 9.62 Å². The summed E-state index contributed by atoms with van der Waals surface area (Å²) >= 11 is 0. The molecule has 1 saturated heterocycles. The number of nitrogens with zero attached hydrogens (tertiary/aromatic N) is 1. The minimum Gasteiger partial charge on any atom is -0.300 e. The number of nitrogens with one attached hydrogen (secondary N) is 1. The van der Waals surface area contributed by atoms with Gasteiger partial charge in [-0.05, 0) is 6.54 Å². The van der Waals surface area contributed by atoms with Crippen molar-refractivity contribution in [3.05, 3.63) is 0 Å². The Morgan fingerprint density at radius 1 is 1.64 bits per heavy atom. The quantitative estimate of drug-likeness (QED) is 0.552. The van der Waals surface area contributed by atoms with Crippen molar-refractivity contribution in [1.29, 1.82) is 0 Å². The molecular formula is C5H13N3O2S. The predicted molar refractivity (Wildman–Crippen MR) is 42.1 cm³/mol. The fourth-order valence-corrected chi connectivity index (χ4v) is 1.75. The van der Waals surface area contributed by atoms with Gasteiger partial charge in [0.1, 0.15) is 0 Å². The minimum absolute atomic E-state index is 0.0185. The molecule has 0 aromatic rings. The van der Waals surface area contributed by atoms with Gasteiger partial charge in [0.2, 0.25) is 0 Å². The Morgan fingerprint density at radius 2 is 2.18 bits per heavy atom. The Labute approximate surface area is 66.7 Å². The molecule has 0 spiro atoms. The maximum absolute atomic E-state index is 10.5. The van der Waals surface area contributed by atoms with Crippen LogP contribution >= 0.6 is 0 Å². The fourth-order valence-electron chi connectivity index (χ4n) is 1.13. The van der Waals surface area contributed by atoms with Gasteiger partial charge in [-0.15, -0.1) is 0 Å². The number of nitrogens with two attached hydrogens (primary N) is 1. The Bertz CT molecular complexity index is 220. The molecule has 0 unspecified atom stereocenters. The van der Waals surface area contributed by atoms with Crippen LogP contribution in [0.3, 0.4) is 0 Å². The summed E-state index contributed by atoms with van der Waals surface area (Å²) in [6.45, 7) is 4.54. The van der Waals surface area contributed by atoms with E-state index < -0.39 is 10.2 Å². The molecule has 3 N–H and O–H groups in total. The highest BCUT2D eigenvalue weighted by atomic mass is 32.2. The zero-order chi connectivity index (χ0) is 8.48. The van der Waals surface area contributed by atoms with Crippen LogP contribution < -0.4 is 9.86 Å². The maximum Gasteiger partial charge on any atom is 0.274 e. The van der Waals surface area contributed by atoms with Gasteiger partial charge in [-0.2, -0.15) is 13.1 Å².